The molecule has 0 aliphatic rings. The molecule has 0 saturated carbocycles. The highest BCUT2D eigenvalue weighted by atomic mass is 127. The van der Waals surface area contributed by atoms with Crippen LogP contribution in [0, 0.1) is 3.57 Å². The third-order valence-corrected chi connectivity index (χ3v) is 4.29. The molecule has 2 rings (SSSR count). The van der Waals surface area contributed by atoms with Gasteiger partial charge in [0.1, 0.15) is 0 Å². The van der Waals surface area contributed by atoms with Gasteiger partial charge in [-0.25, -0.2) is 0 Å². The average molecular weight is 362 g/mol. The Morgan fingerprint density at radius 2 is 2.18 bits per heavy atom. The van der Waals surface area contributed by atoms with E-state index in [1.807, 2.05) is 37.0 Å². The second kappa shape index (κ2) is 5.37. The first-order valence-corrected chi connectivity index (χ1v) is 6.69. The quantitative estimate of drug-likeness (QED) is 0.852. The lowest BCUT2D eigenvalue weighted by Crippen LogP contribution is -2.20. The fraction of sp³-hybridized carbons (Fsp3) is 0.250. The summed E-state index contributed by atoms with van der Waals surface area (Å²) in [6, 6.07) is 8.22. The third-order valence-electron chi connectivity index (χ3n) is 2.72. The molecular formula is C12H13ClIN3. The zero-order chi connectivity index (χ0) is 12.4. The van der Waals surface area contributed by atoms with Crippen LogP contribution in [0.25, 0.3) is 0 Å². The molecule has 5 heteroatoms. The van der Waals surface area contributed by atoms with E-state index >= 15 is 0 Å². The summed E-state index contributed by atoms with van der Waals surface area (Å²) in [7, 11) is 3.87. The molecule has 0 spiro atoms. The Morgan fingerprint density at radius 3 is 2.71 bits per heavy atom. The highest BCUT2D eigenvalue weighted by molar-refractivity contribution is 14.1. The Hall–Kier alpha value is -0.590. The maximum Gasteiger partial charge on any atom is 0.0746 e. The van der Waals surface area contributed by atoms with Crippen LogP contribution in [0.2, 0.25) is 5.02 Å². The average Bonchev–Trinajstić information content (AvgIpc) is 2.71. The number of hydrogen-bond donors (Lipinski definition) is 1. The molecule has 0 bridgehead atoms. The standard InChI is InChI=1S/C12H13ClIN3/c1-15-12(11-5-6-16-17(11)2)8-3-4-10(14)9(13)7-8/h3-7,12,15H,1-2H3. The smallest absolute Gasteiger partial charge is 0.0746 e. The van der Waals surface area contributed by atoms with Crippen molar-refractivity contribution in [2.75, 3.05) is 7.05 Å². The molecule has 1 unspecified atom stereocenters. The minimum absolute atomic E-state index is 0.108. The number of hydrogen-bond acceptors (Lipinski definition) is 2. The Bertz CT molecular complexity index is 524. The van der Waals surface area contributed by atoms with Crippen molar-refractivity contribution in [2.45, 2.75) is 6.04 Å². The summed E-state index contributed by atoms with van der Waals surface area (Å²) < 4.78 is 2.93. The molecule has 3 nitrogen and oxygen atoms in total. The summed E-state index contributed by atoms with van der Waals surface area (Å²) in [6.07, 6.45) is 1.80. The lowest BCUT2D eigenvalue weighted by molar-refractivity contribution is 0.606. The van der Waals surface area contributed by atoms with Crippen LogP contribution >= 0.6 is 34.2 Å². The minimum Gasteiger partial charge on any atom is -0.308 e. The predicted octanol–water partition coefficient (Wildman–Crippen LogP) is 2.99. The number of benzene rings is 1. The lowest BCUT2D eigenvalue weighted by atomic mass is 10.0. The predicted molar refractivity (Wildman–Crippen MR) is 78.3 cm³/mol. The molecule has 90 valence electrons. The fourth-order valence-electron chi connectivity index (χ4n) is 1.84. The molecule has 1 atom stereocenters. The molecule has 0 radical (unpaired) electrons. The minimum atomic E-state index is 0.108. The summed E-state index contributed by atoms with van der Waals surface area (Å²) in [5.41, 5.74) is 2.26. The van der Waals surface area contributed by atoms with Crippen LogP contribution in [0.3, 0.4) is 0 Å². The summed E-state index contributed by atoms with van der Waals surface area (Å²) in [5.74, 6) is 0. The van der Waals surface area contributed by atoms with E-state index in [-0.39, 0.29) is 6.04 Å². The Balaban J connectivity index is 2.42. The van der Waals surface area contributed by atoms with Crippen molar-refractivity contribution in [1.82, 2.24) is 15.1 Å². The Kier molecular flexibility index (Phi) is 4.06. The summed E-state index contributed by atoms with van der Waals surface area (Å²) >= 11 is 8.39. The van der Waals surface area contributed by atoms with Crippen LogP contribution in [0.5, 0.6) is 0 Å². The first-order chi connectivity index (χ1) is 8.13. The molecule has 0 aliphatic heterocycles. The van der Waals surface area contributed by atoms with Crippen LogP contribution in [0.1, 0.15) is 17.3 Å². The molecule has 0 aliphatic carbocycles. The van der Waals surface area contributed by atoms with E-state index in [0.29, 0.717) is 0 Å². The van der Waals surface area contributed by atoms with Crippen molar-refractivity contribution < 1.29 is 0 Å². The van der Waals surface area contributed by atoms with E-state index in [1.54, 1.807) is 6.20 Å². The van der Waals surface area contributed by atoms with E-state index in [1.165, 1.54) is 0 Å². The van der Waals surface area contributed by atoms with Crippen molar-refractivity contribution in [3.05, 3.63) is 50.3 Å². The van der Waals surface area contributed by atoms with Crippen LogP contribution in [-0.2, 0) is 7.05 Å². The van der Waals surface area contributed by atoms with Crippen LogP contribution in [-0.4, -0.2) is 16.8 Å². The normalized spacial score (nSPS) is 12.7. The van der Waals surface area contributed by atoms with Gasteiger partial charge in [-0.1, -0.05) is 17.7 Å². The topological polar surface area (TPSA) is 29.9 Å². The Labute approximate surface area is 119 Å². The molecular weight excluding hydrogens is 349 g/mol. The van der Waals surface area contributed by atoms with Crippen LogP contribution in [0.4, 0.5) is 0 Å². The molecule has 0 amide bonds. The van der Waals surface area contributed by atoms with Gasteiger partial charge in [-0.15, -0.1) is 0 Å². The van der Waals surface area contributed by atoms with Gasteiger partial charge < -0.3 is 5.32 Å². The molecule has 2 aromatic rings. The number of aromatic nitrogens is 2. The van der Waals surface area contributed by atoms with E-state index < -0.39 is 0 Å². The number of nitrogens with one attached hydrogen (secondary N) is 1. The number of halogens is 2. The first kappa shape index (κ1) is 12.9. The molecule has 1 aromatic carbocycles. The van der Waals surface area contributed by atoms with E-state index in [4.69, 9.17) is 11.6 Å². The Morgan fingerprint density at radius 1 is 1.41 bits per heavy atom. The fourth-order valence-corrected chi connectivity index (χ4v) is 2.37. The van der Waals surface area contributed by atoms with Gasteiger partial charge in [-0.05, 0) is 53.4 Å². The third kappa shape index (κ3) is 2.64. The highest BCUT2D eigenvalue weighted by Gasteiger charge is 2.15. The van der Waals surface area contributed by atoms with E-state index in [2.05, 4.69) is 39.1 Å². The van der Waals surface area contributed by atoms with E-state index in [0.717, 1.165) is 19.9 Å². The van der Waals surface area contributed by atoms with Gasteiger partial charge in [-0.2, -0.15) is 5.10 Å². The molecule has 0 saturated heterocycles. The SMILES string of the molecule is CNC(c1ccc(I)c(Cl)c1)c1ccnn1C. The van der Waals surface area contributed by atoms with Crippen LogP contribution < -0.4 is 5.32 Å². The van der Waals surface area contributed by atoms with Gasteiger partial charge in [0, 0.05) is 16.8 Å². The molecule has 17 heavy (non-hydrogen) atoms. The van der Waals surface area contributed by atoms with Crippen molar-refractivity contribution in [1.29, 1.82) is 0 Å². The first-order valence-electron chi connectivity index (χ1n) is 5.23. The van der Waals surface area contributed by atoms with Gasteiger partial charge in [0.15, 0.2) is 0 Å². The molecule has 1 heterocycles. The maximum absolute atomic E-state index is 6.16. The largest absolute Gasteiger partial charge is 0.308 e. The zero-order valence-electron chi connectivity index (χ0n) is 9.61. The van der Waals surface area contributed by atoms with Gasteiger partial charge in [-0.3, -0.25) is 4.68 Å². The molecule has 0 fully saturated rings. The number of nitrogens with zero attached hydrogens (tertiary/aromatic N) is 2. The number of rotatable bonds is 3. The van der Waals surface area contributed by atoms with Crippen molar-refractivity contribution in [3.8, 4) is 0 Å². The maximum atomic E-state index is 6.16. The van der Waals surface area contributed by atoms with Gasteiger partial charge in [0.05, 0.1) is 16.8 Å². The number of aryl methyl sites for hydroxylation is 1. The summed E-state index contributed by atoms with van der Waals surface area (Å²) in [4.78, 5) is 0. The van der Waals surface area contributed by atoms with Gasteiger partial charge in [0.25, 0.3) is 0 Å². The van der Waals surface area contributed by atoms with Crippen LogP contribution in [0.15, 0.2) is 30.5 Å². The zero-order valence-corrected chi connectivity index (χ0v) is 12.5. The van der Waals surface area contributed by atoms with Gasteiger partial charge >= 0.3 is 0 Å². The van der Waals surface area contributed by atoms with E-state index in [9.17, 15) is 0 Å². The summed E-state index contributed by atoms with van der Waals surface area (Å²) in [6.45, 7) is 0. The lowest BCUT2D eigenvalue weighted by Gasteiger charge is -2.17. The van der Waals surface area contributed by atoms with Crippen molar-refractivity contribution in [2.24, 2.45) is 7.05 Å². The second-order valence-electron chi connectivity index (χ2n) is 3.77. The molecule has 1 aromatic heterocycles. The van der Waals surface area contributed by atoms with Gasteiger partial charge in [0.2, 0.25) is 0 Å². The summed E-state index contributed by atoms with van der Waals surface area (Å²) in [5, 5.41) is 8.26. The highest BCUT2D eigenvalue weighted by Crippen LogP contribution is 2.26. The second-order valence-corrected chi connectivity index (χ2v) is 5.34. The monoisotopic (exact) mass is 361 g/mol. The van der Waals surface area contributed by atoms with Crippen molar-refractivity contribution in [3.63, 3.8) is 0 Å². The van der Waals surface area contributed by atoms with Crippen molar-refractivity contribution >= 4 is 34.2 Å². The molecule has 1 N–H and O–H groups in total.